The average molecular weight is 324 g/mol. The number of fused-ring (bicyclic) bond motifs is 1. The second-order valence-electron chi connectivity index (χ2n) is 5.02. The van der Waals surface area contributed by atoms with Gasteiger partial charge in [0.1, 0.15) is 12.4 Å². The van der Waals surface area contributed by atoms with Crippen LogP contribution < -0.4 is 4.74 Å². The maximum absolute atomic E-state index is 11.3. The Balaban J connectivity index is 2.10. The fourth-order valence-corrected chi connectivity index (χ4v) is 2.31. The van der Waals surface area contributed by atoms with Crippen molar-refractivity contribution in [2.24, 2.45) is 0 Å². The Morgan fingerprint density at radius 2 is 1.92 bits per heavy atom. The molecule has 0 aliphatic rings. The molecule has 3 rings (SSSR count). The maximum atomic E-state index is 11.3. The SMILES string of the molecule is O=C(O)c1cc(OCc2ccccc2)c2cccc([N+](=O)[O-])c2n1. The van der Waals surface area contributed by atoms with Gasteiger partial charge in [-0.2, -0.15) is 0 Å². The topological polar surface area (TPSA) is 103 Å². The lowest BCUT2D eigenvalue weighted by Crippen LogP contribution is -2.04. The highest BCUT2D eigenvalue weighted by Crippen LogP contribution is 2.32. The number of rotatable bonds is 5. The van der Waals surface area contributed by atoms with Crippen LogP contribution in [0.1, 0.15) is 16.1 Å². The zero-order valence-corrected chi connectivity index (χ0v) is 12.4. The molecule has 120 valence electrons. The van der Waals surface area contributed by atoms with Gasteiger partial charge in [0, 0.05) is 17.5 Å². The number of aromatic nitrogens is 1. The van der Waals surface area contributed by atoms with Crippen molar-refractivity contribution in [2.45, 2.75) is 6.61 Å². The Bertz CT molecular complexity index is 925. The third-order valence-electron chi connectivity index (χ3n) is 3.43. The molecule has 0 spiro atoms. The number of hydrogen-bond acceptors (Lipinski definition) is 5. The number of nitrogens with zero attached hydrogens (tertiary/aromatic N) is 2. The normalized spacial score (nSPS) is 10.5. The number of para-hydroxylation sites is 1. The fourth-order valence-electron chi connectivity index (χ4n) is 2.31. The van der Waals surface area contributed by atoms with Crippen molar-refractivity contribution < 1.29 is 19.6 Å². The molecular formula is C17H12N2O5. The van der Waals surface area contributed by atoms with Crippen LogP contribution in [-0.4, -0.2) is 21.0 Å². The van der Waals surface area contributed by atoms with E-state index in [1.807, 2.05) is 30.3 Å². The molecule has 0 radical (unpaired) electrons. The standard InChI is InChI=1S/C17H12N2O5/c20-17(21)13-9-15(24-10-11-5-2-1-3-6-11)12-7-4-8-14(19(22)23)16(12)18-13/h1-9H,10H2,(H,20,21). The summed E-state index contributed by atoms with van der Waals surface area (Å²) in [5.41, 5.74) is 0.315. The first kappa shape index (κ1) is 15.4. The number of nitro benzene ring substituents is 1. The fraction of sp³-hybridized carbons (Fsp3) is 0.0588. The molecule has 0 saturated carbocycles. The van der Waals surface area contributed by atoms with Crippen LogP contribution in [-0.2, 0) is 6.61 Å². The molecule has 0 aliphatic heterocycles. The lowest BCUT2D eigenvalue weighted by Gasteiger charge is -2.10. The highest BCUT2D eigenvalue weighted by molar-refractivity contribution is 5.96. The van der Waals surface area contributed by atoms with Crippen LogP contribution in [0.2, 0.25) is 0 Å². The lowest BCUT2D eigenvalue weighted by molar-refractivity contribution is -0.383. The minimum Gasteiger partial charge on any atom is -0.488 e. The largest absolute Gasteiger partial charge is 0.488 e. The van der Waals surface area contributed by atoms with Crippen molar-refractivity contribution in [2.75, 3.05) is 0 Å². The minimum atomic E-state index is -1.28. The van der Waals surface area contributed by atoms with E-state index in [1.54, 1.807) is 6.07 Å². The Hall–Kier alpha value is -3.48. The summed E-state index contributed by atoms with van der Waals surface area (Å²) in [6.45, 7) is 0.210. The zero-order valence-electron chi connectivity index (χ0n) is 12.4. The highest BCUT2D eigenvalue weighted by atomic mass is 16.6. The third kappa shape index (κ3) is 3.00. The number of nitro groups is 1. The van der Waals surface area contributed by atoms with Crippen LogP contribution in [0.25, 0.3) is 10.9 Å². The molecule has 1 N–H and O–H groups in total. The first-order chi connectivity index (χ1) is 11.6. The monoisotopic (exact) mass is 324 g/mol. The van der Waals surface area contributed by atoms with E-state index in [9.17, 15) is 20.0 Å². The van der Waals surface area contributed by atoms with Gasteiger partial charge in [0.2, 0.25) is 0 Å². The maximum Gasteiger partial charge on any atom is 0.354 e. The lowest BCUT2D eigenvalue weighted by atomic mass is 10.1. The average Bonchev–Trinajstić information content (AvgIpc) is 2.59. The number of non-ortho nitro benzene ring substituents is 1. The third-order valence-corrected chi connectivity index (χ3v) is 3.43. The molecule has 0 aliphatic carbocycles. The van der Waals surface area contributed by atoms with Gasteiger partial charge in [-0.05, 0) is 11.6 Å². The van der Waals surface area contributed by atoms with Gasteiger partial charge in [-0.1, -0.05) is 36.4 Å². The summed E-state index contributed by atoms with van der Waals surface area (Å²) in [4.78, 5) is 25.7. The van der Waals surface area contributed by atoms with Gasteiger partial charge < -0.3 is 9.84 Å². The van der Waals surface area contributed by atoms with Gasteiger partial charge in [-0.3, -0.25) is 10.1 Å². The predicted octanol–water partition coefficient (Wildman–Crippen LogP) is 3.42. The second kappa shape index (κ2) is 6.33. The van der Waals surface area contributed by atoms with Gasteiger partial charge >= 0.3 is 5.97 Å². The van der Waals surface area contributed by atoms with E-state index >= 15 is 0 Å². The van der Waals surface area contributed by atoms with Crippen molar-refractivity contribution in [3.05, 3.63) is 76.0 Å². The first-order valence-corrected chi connectivity index (χ1v) is 7.04. The van der Waals surface area contributed by atoms with Crippen LogP contribution >= 0.6 is 0 Å². The summed E-state index contributed by atoms with van der Waals surface area (Å²) in [6.07, 6.45) is 0. The van der Waals surface area contributed by atoms with Crippen LogP contribution in [0.5, 0.6) is 5.75 Å². The predicted molar refractivity (Wildman–Crippen MR) is 86.1 cm³/mol. The quantitative estimate of drug-likeness (QED) is 0.570. The van der Waals surface area contributed by atoms with E-state index < -0.39 is 10.9 Å². The summed E-state index contributed by atoms with van der Waals surface area (Å²) in [6, 6.07) is 15.0. The van der Waals surface area contributed by atoms with Crippen molar-refractivity contribution >= 4 is 22.6 Å². The molecule has 0 amide bonds. The van der Waals surface area contributed by atoms with Crippen LogP contribution in [0.3, 0.4) is 0 Å². The number of carboxylic acids is 1. The smallest absolute Gasteiger partial charge is 0.354 e. The summed E-state index contributed by atoms with van der Waals surface area (Å²) >= 11 is 0. The van der Waals surface area contributed by atoms with Crippen LogP contribution in [0.15, 0.2) is 54.6 Å². The van der Waals surface area contributed by atoms with Crippen LogP contribution in [0.4, 0.5) is 5.69 Å². The van der Waals surface area contributed by atoms with E-state index in [4.69, 9.17) is 4.74 Å². The van der Waals surface area contributed by atoms with Crippen molar-refractivity contribution in [3.8, 4) is 5.75 Å². The number of carbonyl (C=O) groups is 1. The molecule has 24 heavy (non-hydrogen) atoms. The summed E-state index contributed by atoms with van der Waals surface area (Å²) in [5, 5.41) is 20.8. The molecule has 0 saturated heterocycles. The van der Waals surface area contributed by atoms with Gasteiger partial charge in [0.15, 0.2) is 11.2 Å². The summed E-state index contributed by atoms with van der Waals surface area (Å²) < 4.78 is 5.70. The molecule has 0 fully saturated rings. The van der Waals surface area contributed by atoms with Crippen molar-refractivity contribution in [1.82, 2.24) is 4.98 Å². The van der Waals surface area contributed by atoms with E-state index in [0.29, 0.717) is 5.39 Å². The number of benzene rings is 2. The van der Waals surface area contributed by atoms with Crippen LogP contribution in [0, 0.1) is 10.1 Å². The van der Waals surface area contributed by atoms with E-state index in [-0.39, 0.29) is 29.3 Å². The number of pyridine rings is 1. The molecule has 1 heterocycles. The van der Waals surface area contributed by atoms with E-state index in [0.717, 1.165) is 5.56 Å². The Labute approximate surface area is 136 Å². The number of hydrogen-bond donors (Lipinski definition) is 1. The van der Waals surface area contributed by atoms with Gasteiger partial charge in [-0.25, -0.2) is 9.78 Å². The van der Waals surface area contributed by atoms with E-state index in [2.05, 4.69) is 4.98 Å². The Morgan fingerprint density at radius 1 is 1.17 bits per heavy atom. The van der Waals surface area contributed by atoms with Gasteiger partial charge in [-0.15, -0.1) is 0 Å². The molecule has 7 heteroatoms. The molecule has 3 aromatic rings. The van der Waals surface area contributed by atoms with Gasteiger partial charge in [0.25, 0.3) is 5.69 Å². The molecule has 1 aromatic heterocycles. The number of carboxylic acid groups (broad SMARTS) is 1. The molecule has 0 unspecified atom stereocenters. The molecular weight excluding hydrogens is 312 g/mol. The second-order valence-corrected chi connectivity index (χ2v) is 5.02. The molecule has 7 nitrogen and oxygen atoms in total. The van der Waals surface area contributed by atoms with Gasteiger partial charge in [0.05, 0.1) is 4.92 Å². The van der Waals surface area contributed by atoms with Crippen molar-refractivity contribution in [1.29, 1.82) is 0 Å². The molecule has 2 aromatic carbocycles. The first-order valence-electron chi connectivity index (χ1n) is 7.04. The Kier molecular flexibility index (Phi) is 4.07. The van der Waals surface area contributed by atoms with E-state index in [1.165, 1.54) is 18.2 Å². The number of ether oxygens (including phenoxy) is 1. The number of aromatic carboxylic acids is 1. The highest BCUT2D eigenvalue weighted by Gasteiger charge is 2.19. The summed E-state index contributed by atoms with van der Waals surface area (Å²) in [7, 11) is 0. The van der Waals surface area contributed by atoms with Crippen molar-refractivity contribution in [3.63, 3.8) is 0 Å². The summed E-state index contributed by atoms with van der Waals surface area (Å²) in [5.74, 6) is -1.04. The molecule has 0 bridgehead atoms. The Morgan fingerprint density at radius 3 is 2.58 bits per heavy atom. The zero-order chi connectivity index (χ0) is 17.1. The molecule has 0 atom stereocenters. The minimum absolute atomic E-state index is 0.00883.